The standard InChI is InChI=1S/C8H10O3/c1-7(9)3-5-11-6-4-8(2)10/h3-6H,1-2H3/b5-3+,6-4+. The van der Waals surface area contributed by atoms with Crippen LogP contribution in [0.15, 0.2) is 24.7 Å². The van der Waals surface area contributed by atoms with Crippen LogP contribution in [-0.4, -0.2) is 11.6 Å². The molecule has 0 aromatic rings. The van der Waals surface area contributed by atoms with Gasteiger partial charge in [-0.15, -0.1) is 0 Å². The Morgan fingerprint density at radius 2 is 1.36 bits per heavy atom. The molecule has 0 aromatic heterocycles. The van der Waals surface area contributed by atoms with Gasteiger partial charge < -0.3 is 4.74 Å². The number of ether oxygens (including phenoxy) is 1. The number of hydrogen-bond acceptors (Lipinski definition) is 3. The fraction of sp³-hybridized carbons (Fsp3) is 0.250. The van der Waals surface area contributed by atoms with Crippen molar-refractivity contribution in [3.63, 3.8) is 0 Å². The zero-order chi connectivity index (χ0) is 8.69. The molecule has 0 atom stereocenters. The predicted molar refractivity (Wildman–Crippen MR) is 40.7 cm³/mol. The Kier molecular flexibility index (Phi) is 4.73. The van der Waals surface area contributed by atoms with Gasteiger partial charge in [0.1, 0.15) is 0 Å². The van der Waals surface area contributed by atoms with Crippen molar-refractivity contribution in [3.05, 3.63) is 24.7 Å². The van der Waals surface area contributed by atoms with Gasteiger partial charge in [-0.2, -0.15) is 0 Å². The first-order chi connectivity index (χ1) is 5.13. The maximum absolute atomic E-state index is 10.3. The highest BCUT2D eigenvalue weighted by Gasteiger charge is 1.81. The maximum Gasteiger partial charge on any atom is 0.155 e. The lowest BCUT2D eigenvalue weighted by atomic mass is 10.4. The lowest BCUT2D eigenvalue weighted by Crippen LogP contribution is -1.82. The third-order valence-electron chi connectivity index (χ3n) is 0.763. The second-order valence-electron chi connectivity index (χ2n) is 1.96. The van der Waals surface area contributed by atoms with E-state index >= 15 is 0 Å². The Labute approximate surface area is 65.4 Å². The summed E-state index contributed by atoms with van der Waals surface area (Å²) < 4.78 is 4.65. The van der Waals surface area contributed by atoms with Gasteiger partial charge in [0.2, 0.25) is 0 Å². The summed E-state index contributed by atoms with van der Waals surface area (Å²) in [5.74, 6) is -0.192. The molecule has 0 aliphatic heterocycles. The van der Waals surface area contributed by atoms with Crippen LogP contribution in [0.5, 0.6) is 0 Å². The molecule has 0 saturated heterocycles. The molecule has 60 valence electrons. The molecule has 0 saturated carbocycles. The molecule has 11 heavy (non-hydrogen) atoms. The van der Waals surface area contributed by atoms with Crippen LogP contribution in [0.1, 0.15) is 13.8 Å². The van der Waals surface area contributed by atoms with Gasteiger partial charge in [0.25, 0.3) is 0 Å². The van der Waals surface area contributed by atoms with Gasteiger partial charge in [-0.25, -0.2) is 0 Å². The van der Waals surface area contributed by atoms with Gasteiger partial charge in [0.15, 0.2) is 11.6 Å². The van der Waals surface area contributed by atoms with Crippen LogP contribution in [0.4, 0.5) is 0 Å². The topological polar surface area (TPSA) is 43.4 Å². The smallest absolute Gasteiger partial charge is 0.155 e. The van der Waals surface area contributed by atoms with Crippen molar-refractivity contribution < 1.29 is 14.3 Å². The van der Waals surface area contributed by atoms with Crippen LogP contribution in [0.3, 0.4) is 0 Å². The minimum Gasteiger partial charge on any atom is -0.472 e. The lowest BCUT2D eigenvalue weighted by molar-refractivity contribution is -0.113. The van der Waals surface area contributed by atoms with Gasteiger partial charge >= 0.3 is 0 Å². The summed E-state index contributed by atoms with van der Waals surface area (Å²) in [5, 5.41) is 0. The summed E-state index contributed by atoms with van der Waals surface area (Å²) in [6.07, 6.45) is 4.98. The first-order valence-corrected chi connectivity index (χ1v) is 3.12. The molecule has 0 N–H and O–H groups in total. The molecule has 0 aliphatic rings. The molecule has 0 heterocycles. The van der Waals surface area contributed by atoms with Crippen molar-refractivity contribution >= 4 is 11.6 Å². The molecule has 0 spiro atoms. The van der Waals surface area contributed by atoms with E-state index in [0.717, 1.165) is 0 Å². The van der Waals surface area contributed by atoms with E-state index in [-0.39, 0.29) is 11.6 Å². The summed E-state index contributed by atoms with van der Waals surface area (Å²) in [6, 6.07) is 0. The van der Waals surface area contributed by atoms with Crippen molar-refractivity contribution in [2.24, 2.45) is 0 Å². The van der Waals surface area contributed by atoms with Crippen LogP contribution in [0.2, 0.25) is 0 Å². The summed E-state index contributed by atoms with van der Waals surface area (Å²) in [4.78, 5) is 20.6. The maximum atomic E-state index is 10.3. The van der Waals surface area contributed by atoms with Crippen molar-refractivity contribution in [1.29, 1.82) is 0 Å². The van der Waals surface area contributed by atoms with Crippen LogP contribution >= 0.6 is 0 Å². The fourth-order valence-corrected chi connectivity index (χ4v) is 0.316. The Morgan fingerprint density at radius 3 is 1.64 bits per heavy atom. The highest BCUT2D eigenvalue weighted by Crippen LogP contribution is 1.82. The van der Waals surface area contributed by atoms with Crippen LogP contribution in [-0.2, 0) is 14.3 Å². The van der Waals surface area contributed by atoms with E-state index < -0.39 is 0 Å². The second kappa shape index (κ2) is 5.41. The third kappa shape index (κ3) is 8.62. The molecule has 0 aliphatic carbocycles. The summed E-state index contributed by atoms with van der Waals surface area (Å²) in [5.41, 5.74) is 0. The quantitative estimate of drug-likeness (QED) is 0.451. The number of carbonyl (C=O) groups is 2. The van der Waals surface area contributed by atoms with Crippen molar-refractivity contribution in [2.45, 2.75) is 13.8 Å². The fourth-order valence-electron chi connectivity index (χ4n) is 0.316. The zero-order valence-electron chi connectivity index (χ0n) is 6.53. The molecule has 0 rings (SSSR count). The van der Waals surface area contributed by atoms with Crippen molar-refractivity contribution in [1.82, 2.24) is 0 Å². The van der Waals surface area contributed by atoms with E-state index in [1.807, 2.05) is 0 Å². The van der Waals surface area contributed by atoms with Crippen molar-refractivity contribution in [3.8, 4) is 0 Å². The van der Waals surface area contributed by atoms with Gasteiger partial charge in [0, 0.05) is 12.2 Å². The van der Waals surface area contributed by atoms with Gasteiger partial charge in [-0.1, -0.05) is 0 Å². The normalized spacial score (nSPS) is 10.7. The monoisotopic (exact) mass is 154 g/mol. The molecular weight excluding hydrogens is 144 g/mol. The van der Waals surface area contributed by atoms with Crippen LogP contribution < -0.4 is 0 Å². The molecular formula is C8H10O3. The Hall–Kier alpha value is -1.38. The summed E-state index contributed by atoms with van der Waals surface area (Å²) >= 11 is 0. The second-order valence-corrected chi connectivity index (χ2v) is 1.96. The van der Waals surface area contributed by atoms with Gasteiger partial charge in [0.05, 0.1) is 12.5 Å². The van der Waals surface area contributed by atoms with E-state index in [9.17, 15) is 9.59 Å². The molecule has 0 radical (unpaired) electrons. The van der Waals surface area contributed by atoms with E-state index in [0.29, 0.717) is 0 Å². The molecule has 3 heteroatoms. The Morgan fingerprint density at radius 1 is 1.00 bits per heavy atom. The average Bonchev–Trinajstić information content (AvgIpc) is 1.85. The molecule has 0 bridgehead atoms. The SMILES string of the molecule is CC(=O)/C=C/O/C=C/C(C)=O. The van der Waals surface area contributed by atoms with Gasteiger partial charge in [-0.3, -0.25) is 9.59 Å². The number of carbonyl (C=O) groups excluding carboxylic acids is 2. The summed E-state index contributed by atoms with van der Waals surface area (Å²) in [7, 11) is 0. The first-order valence-electron chi connectivity index (χ1n) is 3.12. The van der Waals surface area contributed by atoms with Crippen molar-refractivity contribution in [2.75, 3.05) is 0 Å². The first kappa shape index (κ1) is 9.62. The minimum atomic E-state index is -0.0961. The zero-order valence-corrected chi connectivity index (χ0v) is 6.53. The number of ketones is 2. The predicted octanol–water partition coefficient (Wildman–Crippen LogP) is 1.21. The lowest BCUT2D eigenvalue weighted by Gasteiger charge is -1.85. The van der Waals surface area contributed by atoms with E-state index in [4.69, 9.17) is 0 Å². The van der Waals surface area contributed by atoms with Gasteiger partial charge in [-0.05, 0) is 13.8 Å². The van der Waals surface area contributed by atoms with E-state index in [2.05, 4.69) is 4.74 Å². The summed E-state index contributed by atoms with van der Waals surface area (Å²) in [6.45, 7) is 2.82. The molecule has 0 fully saturated rings. The highest BCUT2D eigenvalue weighted by molar-refractivity contribution is 5.87. The molecule has 3 nitrogen and oxygen atoms in total. The minimum absolute atomic E-state index is 0.0961. The van der Waals surface area contributed by atoms with Crippen LogP contribution in [0, 0.1) is 0 Å². The molecule has 0 amide bonds. The molecule has 0 aromatic carbocycles. The third-order valence-corrected chi connectivity index (χ3v) is 0.763. The number of hydrogen-bond donors (Lipinski definition) is 0. The number of allylic oxidation sites excluding steroid dienone is 2. The number of rotatable bonds is 4. The Bertz CT molecular complexity index is 179. The van der Waals surface area contributed by atoms with E-state index in [1.165, 1.54) is 38.5 Å². The molecule has 0 unspecified atom stereocenters. The largest absolute Gasteiger partial charge is 0.472 e. The van der Waals surface area contributed by atoms with E-state index in [1.54, 1.807) is 0 Å². The highest BCUT2D eigenvalue weighted by atomic mass is 16.5. The van der Waals surface area contributed by atoms with Crippen LogP contribution in [0.25, 0.3) is 0 Å². The Balaban J connectivity index is 3.57. The average molecular weight is 154 g/mol.